The molecule has 10 heteroatoms. The van der Waals surface area contributed by atoms with E-state index in [9.17, 15) is 13.2 Å². The van der Waals surface area contributed by atoms with E-state index in [1.54, 1.807) is 0 Å². The van der Waals surface area contributed by atoms with Gasteiger partial charge in [-0.2, -0.15) is 0 Å². The molecule has 2 aromatic heterocycles. The van der Waals surface area contributed by atoms with Crippen molar-refractivity contribution in [1.29, 1.82) is 0 Å². The highest BCUT2D eigenvalue weighted by Gasteiger charge is 2.31. The van der Waals surface area contributed by atoms with E-state index in [0.717, 1.165) is 24.2 Å². The van der Waals surface area contributed by atoms with E-state index in [1.165, 1.54) is 11.4 Å². The average molecular weight is 315 g/mol. The molecule has 1 aliphatic rings. The Morgan fingerprint density at radius 1 is 1.45 bits per heavy atom. The van der Waals surface area contributed by atoms with E-state index in [0.29, 0.717) is 5.89 Å². The maximum atomic E-state index is 12.1. The Kier molecular flexibility index (Phi) is 2.98. The normalized spacial score (nSPS) is 15.2. The van der Waals surface area contributed by atoms with Crippen LogP contribution in [-0.4, -0.2) is 29.7 Å². The minimum atomic E-state index is -4.05. The van der Waals surface area contributed by atoms with Gasteiger partial charge in [0.15, 0.2) is 0 Å². The number of hydrogen-bond donors (Lipinski definition) is 2. The summed E-state index contributed by atoms with van der Waals surface area (Å²) in [5.74, 6) is -0.701. The monoisotopic (exact) mass is 315 g/mol. The Morgan fingerprint density at radius 2 is 2.20 bits per heavy atom. The van der Waals surface area contributed by atoms with E-state index >= 15 is 0 Å². The number of aromatic carboxylic acids is 1. The van der Waals surface area contributed by atoms with Crippen LogP contribution in [-0.2, 0) is 10.0 Å². The largest absolute Gasteiger partial charge is 0.477 e. The molecule has 2 N–H and O–H groups in total. The van der Waals surface area contributed by atoms with Crippen molar-refractivity contribution < 1.29 is 22.7 Å². The molecule has 0 radical (unpaired) electrons. The maximum absolute atomic E-state index is 12.1. The molecular formula is C10H9N3O5S2. The van der Waals surface area contributed by atoms with Gasteiger partial charge in [0.25, 0.3) is 10.0 Å². The molecule has 1 fully saturated rings. The van der Waals surface area contributed by atoms with Crippen LogP contribution in [0.1, 0.15) is 34.3 Å². The van der Waals surface area contributed by atoms with Crippen molar-refractivity contribution in [3.05, 3.63) is 22.2 Å². The van der Waals surface area contributed by atoms with Crippen LogP contribution in [0, 0.1) is 0 Å². The second-order valence-electron chi connectivity index (χ2n) is 4.24. The van der Waals surface area contributed by atoms with Crippen molar-refractivity contribution in [2.75, 3.05) is 4.72 Å². The molecular weight excluding hydrogens is 306 g/mol. The molecule has 3 rings (SSSR count). The van der Waals surface area contributed by atoms with Gasteiger partial charge in [-0.3, -0.25) is 0 Å². The first-order chi connectivity index (χ1) is 9.47. The summed E-state index contributed by atoms with van der Waals surface area (Å²) in [6, 6.07) is 0.962. The van der Waals surface area contributed by atoms with Gasteiger partial charge in [-0.25, -0.2) is 17.9 Å². The van der Waals surface area contributed by atoms with Gasteiger partial charge in [-0.15, -0.1) is 16.4 Å². The second-order valence-corrected chi connectivity index (χ2v) is 6.81. The van der Waals surface area contributed by atoms with E-state index in [2.05, 4.69) is 14.9 Å². The molecule has 20 heavy (non-hydrogen) atoms. The van der Waals surface area contributed by atoms with Gasteiger partial charge in [-0.05, 0) is 24.3 Å². The van der Waals surface area contributed by atoms with Gasteiger partial charge in [-0.1, -0.05) is 5.10 Å². The highest BCUT2D eigenvalue weighted by Crippen LogP contribution is 2.39. The fourth-order valence-electron chi connectivity index (χ4n) is 1.61. The highest BCUT2D eigenvalue weighted by molar-refractivity contribution is 7.93. The molecule has 0 aromatic carbocycles. The highest BCUT2D eigenvalue weighted by atomic mass is 32.2. The molecule has 0 aliphatic heterocycles. The molecule has 0 amide bonds. The lowest BCUT2D eigenvalue weighted by Crippen LogP contribution is -2.15. The fourth-order valence-corrected chi connectivity index (χ4v) is 3.79. The number of rotatable bonds is 5. The molecule has 106 valence electrons. The fraction of sp³-hybridized carbons (Fsp3) is 0.300. The number of hydrogen-bond acceptors (Lipinski definition) is 7. The molecule has 0 unspecified atom stereocenters. The topological polar surface area (TPSA) is 122 Å². The van der Waals surface area contributed by atoms with Gasteiger partial charge in [0, 0.05) is 5.92 Å². The van der Waals surface area contributed by atoms with Crippen molar-refractivity contribution in [2.45, 2.75) is 23.7 Å². The van der Waals surface area contributed by atoms with Crippen LogP contribution in [0.25, 0.3) is 0 Å². The van der Waals surface area contributed by atoms with Crippen LogP contribution in [0.15, 0.2) is 20.8 Å². The Morgan fingerprint density at radius 3 is 2.85 bits per heavy atom. The summed E-state index contributed by atoms with van der Waals surface area (Å²) in [7, 11) is -4.05. The molecule has 1 saturated carbocycles. The predicted octanol–water partition coefficient (Wildman–Crippen LogP) is 1.51. The van der Waals surface area contributed by atoms with E-state index < -0.39 is 16.0 Å². The summed E-state index contributed by atoms with van der Waals surface area (Å²) in [4.78, 5) is 10.4. The smallest absolute Gasteiger partial charge is 0.347 e. The standard InChI is InChI=1S/C10H9N3O5S2/c14-9(15)7-6(3-4-19-7)20(16,17)13-10-12-11-8(18-10)5-1-2-5/h3-5H,1-2H2,(H,12,13)(H,14,15). The third-order valence-electron chi connectivity index (χ3n) is 2.70. The first-order valence-electron chi connectivity index (χ1n) is 5.64. The van der Waals surface area contributed by atoms with Crippen LogP contribution < -0.4 is 4.72 Å². The van der Waals surface area contributed by atoms with Crippen LogP contribution in [0.4, 0.5) is 6.01 Å². The van der Waals surface area contributed by atoms with Crippen molar-refractivity contribution in [2.24, 2.45) is 0 Å². The van der Waals surface area contributed by atoms with Crippen LogP contribution in [0.2, 0.25) is 0 Å². The zero-order valence-electron chi connectivity index (χ0n) is 9.94. The minimum absolute atomic E-state index is 0.205. The van der Waals surface area contributed by atoms with Gasteiger partial charge >= 0.3 is 12.0 Å². The molecule has 8 nitrogen and oxygen atoms in total. The lowest BCUT2D eigenvalue weighted by molar-refractivity contribution is 0.0698. The van der Waals surface area contributed by atoms with E-state index in [-0.39, 0.29) is 21.7 Å². The molecule has 2 heterocycles. The summed E-state index contributed by atoms with van der Waals surface area (Å²) in [5, 5.41) is 17.7. The summed E-state index contributed by atoms with van der Waals surface area (Å²) >= 11 is 0.830. The van der Waals surface area contributed by atoms with Crippen LogP contribution in [0.5, 0.6) is 0 Å². The first-order valence-corrected chi connectivity index (χ1v) is 8.00. The average Bonchev–Trinajstić information content (AvgIpc) is 2.91. The number of nitrogens with one attached hydrogen (secondary N) is 1. The van der Waals surface area contributed by atoms with Crippen molar-refractivity contribution in [1.82, 2.24) is 10.2 Å². The van der Waals surface area contributed by atoms with E-state index in [4.69, 9.17) is 9.52 Å². The number of thiophene rings is 1. The number of anilines is 1. The molecule has 0 bridgehead atoms. The maximum Gasteiger partial charge on any atom is 0.347 e. The summed E-state index contributed by atoms with van der Waals surface area (Å²) in [5.41, 5.74) is 0. The van der Waals surface area contributed by atoms with Gasteiger partial charge in [0.1, 0.15) is 9.77 Å². The van der Waals surface area contributed by atoms with Crippen molar-refractivity contribution >= 4 is 33.3 Å². The molecule has 0 spiro atoms. The molecule has 0 atom stereocenters. The number of nitrogens with zero attached hydrogens (tertiary/aromatic N) is 2. The van der Waals surface area contributed by atoms with Crippen LogP contribution in [0.3, 0.4) is 0 Å². The quantitative estimate of drug-likeness (QED) is 0.857. The number of carboxylic acid groups (broad SMARTS) is 1. The van der Waals surface area contributed by atoms with E-state index in [1.807, 2.05) is 0 Å². The van der Waals surface area contributed by atoms with Crippen molar-refractivity contribution in [3.63, 3.8) is 0 Å². The number of sulfonamides is 1. The third-order valence-corrected chi connectivity index (χ3v) is 5.10. The summed E-state index contributed by atoms with van der Waals surface area (Å²) < 4.78 is 31.5. The van der Waals surface area contributed by atoms with Gasteiger partial charge in [0.2, 0.25) is 5.89 Å². The number of carbonyl (C=O) groups is 1. The first kappa shape index (κ1) is 13.1. The lowest BCUT2D eigenvalue weighted by atomic mass is 10.4. The Labute approximate surface area is 117 Å². The Hall–Kier alpha value is -1.94. The summed E-state index contributed by atoms with van der Waals surface area (Å²) in [6.45, 7) is 0. The summed E-state index contributed by atoms with van der Waals surface area (Å²) in [6.07, 6.45) is 1.89. The third kappa shape index (κ3) is 2.39. The molecule has 0 saturated heterocycles. The van der Waals surface area contributed by atoms with Gasteiger partial charge < -0.3 is 9.52 Å². The predicted molar refractivity (Wildman–Crippen MR) is 68.4 cm³/mol. The molecule has 2 aromatic rings. The van der Waals surface area contributed by atoms with Crippen molar-refractivity contribution in [3.8, 4) is 0 Å². The Balaban J connectivity index is 1.87. The number of aromatic nitrogens is 2. The Bertz CT molecular complexity index is 759. The van der Waals surface area contributed by atoms with Crippen LogP contribution >= 0.6 is 11.3 Å². The lowest BCUT2D eigenvalue weighted by Gasteiger charge is -2.02. The molecule has 1 aliphatic carbocycles. The number of carboxylic acids is 1. The second kappa shape index (κ2) is 4.56. The zero-order chi connectivity index (χ0) is 14.3. The zero-order valence-corrected chi connectivity index (χ0v) is 11.6. The minimum Gasteiger partial charge on any atom is -0.477 e. The SMILES string of the molecule is O=C(O)c1sccc1S(=O)(=O)Nc1nnc(C2CC2)o1. The van der Waals surface area contributed by atoms with Gasteiger partial charge in [0.05, 0.1) is 0 Å².